The largest absolute Gasteiger partial charge is 0.494 e. The standard InChI is InChI=1S/C21H24N6O3/c1-3-14-7-5-6-8-17(14)24-21(29)19-20(22)27(26-25-19)13-18(28)23-15-9-11-16(12-10-15)30-4-2/h5-12H,3-4,13,22H2,1-2H3,(H,23,28)(H,24,29). The molecule has 3 aromatic rings. The molecule has 9 heteroatoms. The van der Waals surface area contributed by atoms with Gasteiger partial charge in [0.15, 0.2) is 11.5 Å². The number of aromatic nitrogens is 3. The molecule has 9 nitrogen and oxygen atoms in total. The highest BCUT2D eigenvalue weighted by Gasteiger charge is 2.19. The van der Waals surface area contributed by atoms with Crippen molar-refractivity contribution in [2.75, 3.05) is 23.0 Å². The van der Waals surface area contributed by atoms with Crippen LogP contribution in [0.4, 0.5) is 17.2 Å². The van der Waals surface area contributed by atoms with E-state index in [1.807, 2.05) is 38.1 Å². The number of carbonyl (C=O) groups is 2. The molecule has 3 rings (SSSR count). The lowest BCUT2D eigenvalue weighted by atomic mass is 10.1. The fraction of sp³-hybridized carbons (Fsp3) is 0.238. The molecule has 0 radical (unpaired) electrons. The average Bonchev–Trinajstić information content (AvgIpc) is 3.10. The van der Waals surface area contributed by atoms with Gasteiger partial charge >= 0.3 is 0 Å². The summed E-state index contributed by atoms with van der Waals surface area (Å²) in [5, 5.41) is 13.2. The minimum atomic E-state index is -0.480. The van der Waals surface area contributed by atoms with Crippen molar-refractivity contribution < 1.29 is 14.3 Å². The molecule has 1 aromatic heterocycles. The summed E-state index contributed by atoms with van der Waals surface area (Å²) in [5.74, 6) is -0.0924. The first kappa shape index (κ1) is 20.8. The van der Waals surface area contributed by atoms with Crippen molar-refractivity contribution in [1.82, 2.24) is 15.0 Å². The van der Waals surface area contributed by atoms with Gasteiger partial charge < -0.3 is 21.1 Å². The van der Waals surface area contributed by atoms with E-state index in [0.29, 0.717) is 18.0 Å². The van der Waals surface area contributed by atoms with Crippen molar-refractivity contribution in [2.24, 2.45) is 0 Å². The maximum Gasteiger partial charge on any atom is 0.280 e. The third kappa shape index (κ3) is 4.93. The Bertz CT molecular complexity index is 1030. The lowest BCUT2D eigenvalue weighted by Gasteiger charge is -2.09. The van der Waals surface area contributed by atoms with Crippen molar-refractivity contribution >= 4 is 29.0 Å². The van der Waals surface area contributed by atoms with Gasteiger partial charge in [-0.1, -0.05) is 30.3 Å². The Morgan fingerprint density at radius 2 is 1.80 bits per heavy atom. The Kier molecular flexibility index (Phi) is 6.63. The quantitative estimate of drug-likeness (QED) is 0.526. The normalized spacial score (nSPS) is 10.5. The fourth-order valence-corrected chi connectivity index (χ4v) is 2.87. The smallest absolute Gasteiger partial charge is 0.280 e. The number of hydrogen-bond acceptors (Lipinski definition) is 6. The summed E-state index contributed by atoms with van der Waals surface area (Å²) in [4.78, 5) is 24.9. The van der Waals surface area contributed by atoms with Crippen LogP contribution in [0.5, 0.6) is 5.75 Å². The van der Waals surface area contributed by atoms with Gasteiger partial charge in [0, 0.05) is 11.4 Å². The lowest BCUT2D eigenvalue weighted by Crippen LogP contribution is -2.21. The first-order valence-corrected chi connectivity index (χ1v) is 9.62. The van der Waals surface area contributed by atoms with E-state index < -0.39 is 5.91 Å². The van der Waals surface area contributed by atoms with Crippen LogP contribution >= 0.6 is 0 Å². The summed E-state index contributed by atoms with van der Waals surface area (Å²) < 4.78 is 6.55. The van der Waals surface area contributed by atoms with Gasteiger partial charge in [-0.05, 0) is 49.2 Å². The predicted octanol–water partition coefficient (Wildman–Crippen LogP) is 2.71. The molecule has 30 heavy (non-hydrogen) atoms. The Hall–Kier alpha value is -3.88. The van der Waals surface area contributed by atoms with Gasteiger partial charge in [0.1, 0.15) is 12.3 Å². The van der Waals surface area contributed by atoms with Crippen molar-refractivity contribution in [3.8, 4) is 5.75 Å². The van der Waals surface area contributed by atoms with Crippen LogP contribution in [-0.2, 0) is 17.8 Å². The van der Waals surface area contributed by atoms with Crippen LogP contribution in [0.25, 0.3) is 0 Å². The van der Waals surface area contributed by atoms with Crippen molar-refractivity contribution in [2.45, 2.75) is 26.8 Å². The van der Waals surface area contributed by atoms with Crippen LogP contribution in [0, 0.1) is 0 Å². The minimum absolute atomic E-state index is 0.0170. The van der Waals surface area contributed by atoms with Crippen LogP contribution < -0.4 is 21.1 Å². The van der Waals surface area contributed by atoms with E-state index >= 15 is 0 Å². The summed E-state index contributed by atoms with van der Waals surface area (Å²) in [5.41, 5.74) is 8.26. The molecular weight excluding hydrogens is 384 g/mol. The summed E-state index contributed by atoms with van der Waals surface area (Å²) in [6, 6.07) is 14.5. The molecular formula is C21H24N6O3. The Labute approximate surface area is 174 Å². The van der Waals surface area contributed by atoms with Crippen molar-refractivity contribution in [3.63, 3.8) is 0 Å². The number of hydrogen-bond donors (Lipinski definition) is 3. The van der Waals surface area contributed by atoms with Gasteiger partial charge in [-0.3, -0.25) is 9.59 Å². The number of rotatable bonds is 8. The summed E-state index contributed by atoms with van der Waals surface area (Å²) >= 11 is 0. The van der Waals surface area contributed by atoms with Gasteiger partial charge in [0.2, 0.25) is 5.91 Å². The number of nitrogens with zero attached hydrogens (tertiary/aromatic N) is 3. The Balaban J connectivity index is 1.64. The third-order valence-electron chi connectivity index (χ3n) is 4.38. The van der Waals surface area contributed by atoms with Crippen LogP contribution in [0.2, 0.25) is 0 Å². The average molecular weight is 408 g/mol. The topological polar surface area (TPSA) is 124 Å². The van der Waals surface area contributed by atoms with Gasteiger partial charge in [0.25, 0.3) is 5.91 Å². The zero-order valence-corrected chi connectivity index (χ0v) is 16.9. The molecule has 2 amide bonds. The number of para-hydroxylation sites is 1. The molecule has 1 heterocycles. The number of benzene rings is 2. The van der Waals surface area contributed by atoms with Crippen LogP contribution in [-0.4, -0.2) is 33.4 Å². The highest BCUT2D eigenvalue weighted by atomic mass is 16.5. The summed E-state index contributed by atoms with van der Waals surface area (Å²) in [7, 11) is 0. The van der Waals surface area contributed by atoms with Crippen LogP contribution in [0.1, 0.15) is 29.9 Å². The van der Waals surface area contributed by atoms with E-state index in [4.69, 9.17) is 10.5 Å². The number of anilines is 3. The predicted molar refractivity (Wildman–Crippen MR) is 114 cm³/mol. The number of aryl methyl sites for hydroxylation is 1. The van der Waals surface area contributed by atoms with E-state index in [1.165, 1.54) is 4.68 Å². The fourth-order valence-electron chi connectivity index (χ4n) is 2.87. The molecule has 4 N–H and O–H groups in total. The molecule has 0 saturated carbocycles. The Morgan fingerprint density at radius 3 is 2.50 bits per heavy atom. The minimum Gasteiger partial charge on any atom is -0.494 e. The Morgan fingerprint density at radius 1 is 1.07 bits per heavy atom. The molecule has 0 aliphatic carbocycles. The molecule has 0 bridgehead atoms. The first-order chi connectivity index (χ1) is 14.5. The second kappa shape index (κ2) is 9.55. The highest BCUT2D eigenvalue weighted by Crippen LogP contribution is 2.18. The molecule has 156 valence electrons. The second-order valence-electron chi connectivity index (χ2n) is 6.45. The van der Waals surface area contributed by atoms with E-state index in [1.54, 1.807) is 24.3 Å². The monoisotopic (exact) mass is 408 g/mol. The molecule has 0 aliphatic rings. The third-order valence-corrected chi connectivity index (χ3v) is 4.38. The van der Waals surface area contributed by atoms with Gasteiger partial charge in [0.05, 0.1) is 6.61 Å². The SMILES string of the molecule is CCOc1ccc(NC(=O)Cn2nnc(C(=O)Nc3ccccc3CC)c2N)cc1. The van der Waals surface area contributed by atoms with Crippen LogP contribution in [0.15, 0.2) is 48.5 Å². The highest BCUT2D eigenvalue weighted by molar-refractivity contribution is 6.06. The molecule has 0 aliphatic heterocycles. The van der Waals surface area contributed by atoms with Gasteiger partial charge in [-0.15, -0.1) is 5.10 Å². The molecule has 0 atom stereocenters. The van der Waals surface area contributed by atoms with Crippen molar-refractivity contribution in [1.29, 1.82) is 0 Å². The molecule has 0 unspecified atom stereocenters. The molecule has 2 aromatic carbocycles. The van der Waals surface area contributed by atoms with Crippen molar-refractivity contribution in [3.05, 3.63) is 59.8 Å². The summed E-state index contributed by atoms with van der Waals surface area (Å²) in [6.07, 6.45) is 0.768. The van der Waals surface area contributed by atoms with E-state index in [9.17, 15) is 9.59 Å². The van der Waals surface area contributed by atoms with E-state index in [0.717, 1.165) is 17.7 Å². The van der Waals surface area contributed by atoms with E-state index in [-0.39, 0.29) is 24.0 Å². The van der Waals surface area contributed by atoms with E-state index in [2.05, 4.69) is 20.9 Å². The zero-order chi connectivity index (χ0) is 21.5. The van der Waals surface area contributed by atoms with Gasteiger partial charge in [-0.2, -0.15) is 0 Å². The van der Waals surface area contributed by atoms with Crippen LogP contribution in [0.3, 0.4) is 0 Å². The maximum atomic E-state index is 12.6. The number of nitrogens with one attached hydrogen (secondary N) is 2. The number of nitrogens with two attached hydrogens (primary N) is 1. The lowest BCUT2D eigenvalue weighted by molar-refractivity contribution is -0.116. The number of nitrogen functional groups attached to an aromatic ring is 1. The number of amides is 2. The molecule has 0 saturated heterocycles. The first-order valence-electron chi connectivity index (χ1n) is 9.62. The number of ether oxygens (including phenoxy) is 1. The maximum absolute atomic E-state index is 12.6. The number of carbonyl (C=O) groups excluding carboxylic acids is 2. The molecule has 0 fully saturated rings. The zero-order valence-electron chi connectivity index (χ0n) is 16.9. The second-order valence-corrected chi connectivity index (χ2v) is 6.45. The molecule has 0 spiro atoms. The van der Waals surface area contributed by atoms with Gasteiger partial charge in [-0.25, -0.2) is 4.68 Å². The summed E-state index contributed by atoms with van der Waals surface area (Å²) in [6.45, 7) is 4.29.